The van der Waals surface area contributed by atoms with Gasteiger partial charge in [-0.1, -0.05) is 38.5 Å². The Kier molecular flexibility index (Phi) is 9.37. The number of carboxylic acids is 1. The predicted octanol–water partition coefficient (Wildman–Crippen LogP) is -0.753. The lowest BCUT2D eigenvalue weighted by Gasteiger charge is -2.27. The van der Waals surface area contributed by atoms with Crippen LogP contribution in [0.5, 0.6) is 0 Å². The highest BCUT2D eigenvalue weighted by molar-refractivity contribution is 5.94. The van der Waals surface area contributed by atoms with E-state index in [2.05, 4.69) is 20.9 Å². The molecule has 0 aliphatic carbocycles. The zero-order valence-electron chi connectivity index (χ0n) is 18.6. The fourth-order valence-electron chi connectivity index (χ4n) is 3.33. The molecule has 0 spiro atoms. The van der Waals surface area contributed by atoms with E-state index in [4.69, 9.17) is 10.8 Å². The topological polar surface area (TPSA) is 187 Å². The molecule has 0 bridgehead atoms. The average Bonchev–Trinajstić information content (AvgIpc) is 3.21. The molecule has 180 valence electrons. The molecule has 4 atom stereocenters. The Bertz CT molecular complexity index is 991. The number of hydrogen-bond acceptors (Lipinski definition) is 6. The number of aliphatic carboxylic acids is 1. The van der Waals surface area contributed by atoms with Crippen LogP contribution in [0.2, 0.25) is 0 Å². The van der Waals surface area contributed by atoms with Crippen molar-refractivity contribution in [2.45, 2.75) is 44.8 Å². The molecular weight excluding hydrogens is 430 g/mol. The molecule has 2 aromatic rings. The van der Waals surface area contributed by atoms with Crippen molar-refractivity contribution in [1.29, 1.82) is 0 Å². The van der Waals surface area contributed by atoms with Crippen LogP contribution in [0.3, 0.4) is 0 Å². The minimum Gasteiger partial charge on any atom is -0.480 e. The molecule has 0 saturated heterocycles. The molecule has 0 aliphatic rings. The van der Waals surface area contributed by atoms with Gasteiger partial charge < -0.3 is 36.9 Å². The number of nitrogens with one attached hydrogen (secondary N) is 4. The summed E-state index contributed by atoms with van der Waals surface area (Å²) < 4.78 is 0. The van der Waals surface area contributed by atoms with Crippen molar-refractivity contribution in [3.8, 4) is 0 Å². The second kappa shape index (κ2) is 12.0. The molecule has 33 heavy (non-hydrogen) atoms. The highest BCUT2D eigenvalue weighted by Crippen LogP contribution is 2.19. The molecule has 8 N–H and O–H groups in total. The molecule has 11 heteroatoms. The van der Waals surface area contributed by atoms with Gasteiger partial charge in [0.2, 0.25) is 17.7 Å². The largest absolute Gasteiger partial charge is 0.480 e. The minimum absolute atomic E-state index is 0.252. The second-order valence-electron chi connectivity index (χ2n) is 7.90. The molecule has 1 heterocycles. The zero-order valence-corrected chi connectivity index (χ0v) is 18.6. The zero-order chi connectivity index (χ0) is 24.5. The Labute approximate surface area is 191 Å². The SMILES string of the molecule is CCC(C)C(NC(=O)C(N)Cc1c[nH]c2ccccc12)C(=O)NC(CO)C(=O)NCC(=O)O. The number of para-hydroxylation sites is 1. The Morgan fingerprint density at radius 3 is 2.42 bits per heavy atom. The molecule has 2 rings (SSSR count). The first kappa shape index (κ1) is 25.8. The van der Waals surface area contributed by atoms with Crippen LogP contribution >= 0.6 is 0 Å². The van der Waals surface area contributed by atoms with Gasteiger partial charge in [0.15, 0.2) is 0 Å². The maximum absolute atomic E-state index is 12.8. The van der Waals surface area contributed by atoms with Crippen LogP contribution in [-0.2, 0) is 25.6 Å². The fourth-order valence-corrected chi connectivity index (χ4v) is 3.33. The van der Waals surface area contributed by atoms with Crippen molar-refractivity contribution in [1.82, 2.24) is 20.9 Å². The van der Waals surface area contributed by atoms with Crippen molar-refractivity contribution >= 4 is 34.6 Å². The van der Waals surface area contributed by atoms with Gasteiger partial charge in [-0.3, -0.25) is 19.2 Å². The quantitative estimate of drug-likeness (QED) is 0.216. The summed E-state index contributed by atoms with van der Waals surface area (Å²) in [5, 5.41) is 26.2. The molecule has 0 saturated carbocycles. The number of H-pyrrole nitrogens is 1. The summed E-state index contributed by atoms with van der Waals surface area (Å²) >= 11 is 0. The lowest BCUT2D eigenvalue weighted by molar-refractivity contribution is -0.139. The number of hydrogen-bond donors (Lipinski definition) is 7. The van der Waals surface area contributed by atoms with E-state index in [0.717, 1.165) is 16.5 Å². The number of aromatic amines is 1. The molecule has 0 fully saturated rings. The van der Waals surface area contributed by atoms with Crippen molar-refractivity contribution in [3.05, 3.63) is 36.0 Å². The Balaban J connectivity index is 2.05. The highest BCUT2D eigenvalue weighted by atomic mass is 16.4. The first-order valence-corrected chi connectivity index (χ1v) is 10.7. The summed E-state index contributed by atoms with van der Waals surface area (Å²) in [6.45, 7) is 2.21. The number of aliphatic hydroxyl groups is 1. The van der Waals surface area contributed by atoms with E-state index in [1.807, 2.05) is 31.2 Å². The molecule has 0 radical (unpaired) electrons. The van der Waals surface area contributed by atoms with E-state index in [-0.39, 0.29) is 12.3 Å². The van der Waals surface area contributed by atoms with Crippen LogP contribution in [0.25, 0.3) is 10.9 Å². The Morgan fingerprint density at radius 1 is 1.09 bits per heavy atom. The van der Waals surface area contributed by atoms with Crippen molar-refractivity contribution in [2.24, 2.45) is 11.7 Å². The van der Waals surface area contributed by atoms with Gasteiger partial charge in [0.1, 0.15) is 18.6 Å². The summed E-state index contributed by atoms with van der Waals surface area (Å²) in [5.74, 6) is -3.62. The van der Waals surface area contributed by atoms with E-state index in [1.165, 1.54) is 0 Å². The second-order valence-corrected chi connectivity index (χ2v) is 7.90. The number of fused-ring (bicyclic) bond motifs is 1. The number of nitrogens with two attached hydrogens (primary N) is 1. The van der Waals surface area contributed by atoms with Crippen molar-refractivity contribution in [2.75, 3.05) is 13.2 Å². The number of benzene rings is 1. The number of aromatic nitrogens is 1. The summed E-state index contributed by atoms with van der Waals surface area (Å²) in [6.07, 6.45) is 2.59. The fraction of sp³-hybridized carbons (Fsp3) is 0.455. The number of carbonyl (C=O) groups excluding carboxylic acids is 3. The first-order chi connectivity index (χ1) is 15.7. The van der Waals surface area contributed by atoms with Gasteiger partial charge in [-0.25, -0.2) is 0 Å². The van der Waals surface area contributed by atoms with E-state index in [0.29, 0.717) is 6.42 Å². The average molecular weight is 462 g/mol. The third kappa shape index (κ3) is 7.02. The van der Waals surface area contributed by atoms with Gasteiger partial charge in [-0.2, -0.15) is 0 Å². The highest BCUT2D eigenvalue weighted by Gasteiger charge is 2.31. The van der Waals surface area contributed by atoms with E-state index in [9.17, 15) is 24.3 Å². The smallest absolute Gasteiger partial charge is 0.322 e. The number of aliphatic hydroxyl groups excluding tert-OH is 1. The lowest BCUT2D eigenvalue weighted by Crippen LogP contribution is -2.58. The van der Waals surface area contributed by atoms with Gasteiger partial charge in [0, 0.05) is 17.1 Å². The molecule has 0 aliphatic heterocycles. The van der Waals surface area contributed by atoms with E-state index < -0.39 is 55.0 Å². The summed E-state index contributed by atoms with van der Waals surface area (Å²) in [6, 6.07) is 4.34. The van der Waals surface area contributed by atoms with Crippen LogP contribution in [-0.4, -0.2) is 70.2 Å². The number of rotatable bonds is 12. The molecule has 3 amide bonds. The van der Waals surface area contributed by atoms with E-state index in [1.54, 1.807) is 13.1 Å². The molecule has 1 aromatic carbocycles. The normalized spacial score (nSPS) is 14.7. The van der Waals surface area contributed by atoms with Gasteiger partial charge in [-0.05, 0) is 24.0 Å². The Hall–Kier alpha value is -3.44. The number of carboxylic acid groups (broad SMARTS) is 1. The van der Waals surface area contributed by atoms with Crippen molar-refractivity contribution in [3.63, 3.8) is 0 Å². The summed E-state index contributed by atoms with van der Waals surface area (Å²) in [4.78, 5) is 51.4. The first-order valence-electron chi connectivity index (χ1n) is 10.7. The monoisotopic (exact) mass is 461 g/mol. The van der Waals surface area contributed by atoms with Crippen LogP contribution in [0, 0.1) is 5.92 Å². The third-order valence-electron chi connectivity index (χ3n) is 5.47. The lowest BCUT2D eigenvalue weighted by atomic mass is 9.97. The molecular formula is C22H31N5O6. The molecule has 4 unspecified atom stereocenters. The van der Waals surface area contributed by atoms with Gasteiger partial charge in [-0.15, -0.1) is 0 Å². The maximum atomic E-state index is 12.8. The van der Waals surface area contributed by atoms with Gasteiger partial charge in [0.05, 0.1) is 12.6 Å². The van der Waals surface area contributed by atoms with Crippen LogP contribution in [0.15, 0.2) is 30.5 Å². The summed E-state index contributed by atoms with van der Waals surface area (Å²) in [7, 11) is 0. The number of carbonyl (C=O) groups is 4. The van der Waals surface area contributed by atoms with Crippen molar-refractivity contribution < 1.29 is 29.4 Å². The van der Waals surface area contributed by atoms with Gasteiger partial charge in [0.25, 0.3) is 0 Å². The molecule has 1 aromatic heterocycles. The maximum Gasteiger partial charge on any atom is 0.322 e. The third-order valence-corrected chi connectivity index (χ3v) is 5.47. The minimum atomic E-state index is -1.36. The van der Waals surface area contributed by atoms with Crippen LogP contribution in [0.4, 0.5) is 0 Å². The number of amides is 3. The van der Waals surface area contributed by atoms with Gasteiger partial charge >= 0.3 is 5.97 Å². The van der Waals surface area contributed by atoms with Crippen LogP contribution < -0.4 is 21.7 Å². The molecule has 11 nitrogen and oxygen atoms in total. The van der Waals surface area contributed by atoms with Crippen LogP contribution in [0.1, 0.15) is 25.8 Å². The Morgan fingerprint density at radius 2 is 1.79 bits per heavy atom. The predicted molar refractivity (Wildman–Crippen MR) is 121 cm³/mol. The standard InChI is InChI=1S/C22H31N5O6/c1-3-12(2)19(22(33)26-17(11-28)21(32)25-10-18(29)30)27-20(31)15(23)8-13-9-24-16-7-5-4-6-14(13)16/h4-7,9,12,15,17,19,24,28H,3,8,10-11,23H2,1-2H3,(H,25,32)(H,26,33)(H,27,31)(H,29,30). The summed E-state index contributed by atoms with van der Waals surface area (Å²) in [5.41, 5.74) is 7.91. The van der Waals surface area contributed by atoms with E-state index >= 15 is 0 Å².